The fourth-order valence-corrected chi connectivity index (χ4v) is 6.57. The van der Waals surface area contributed by atoms with Crippen molar-refractivity contribution in [1.29, 1.82) is 0 Å². The molecule has 0 radical (unpaired) electrons. The van der Waals surface area contributed by atoms with Gasteiger partial charge in [-0.05, 0) is 94.0 Å². The normalized spacial score (nSPS) is 41.9. The smallest absolute Gasteiger partial charge is 0.344 e. The van der Waals surface area contributed by atoms with E-state index in [9.17, 15) is 14.7 Å². The SMILES string of the molecule is CC(=O)C1(O)CCC2C3CCC4=C/C(=N\OCC(=O)O)CCC4C3CCC21. The molecule has 4 aliphatic carbocycles. The predicted octanol–water partition coefficient (Wildman–Crippen LogP) is 2.95. The molecule has 3 saturated carbocycles. The average Bonchev–Trinajstić information content (AvgIpc) is 2.99. The lowest BCUT2D eigenvalue weighted by Gasteiger charge is -2.50. The molecule has 27 heavy (non-hydrogen) atoms. The van der Waals surface area contributed by atoms with Crippen molar-refractivity contribution in [2.75, 3.05) is 6.61 Å². The minimum Gasteiger partial charge on any atom is -0.479 e. The Bertz CT molecular complexity index is 699. The van der Waals surface area contributed by atoms with Crippen molar-refractivity contribution in [2.45, 2.75) is 63.9 Å². The molecule has 0 aromatic carbocycles. The highest BCUT2D eigenvalue weighted by atomic mass is 16.6. The number of aliphatic hydroxyl groups is 1. The van der Waals surface area contributed by atoms with Crippen molar-refractivity contribution >= 4 is 17.5 Å². The Morgan fingerprint density at radius 2 is 1.96 bits per heavy atom. The van der Waals surface area contributed by atoms with Crippen molar-refractivity contribution in [3.05, 3.63) is 11.6 Å². The van der Waals surface area contributed by atoms with E-state index in [4.69, 9.17) is 9.94 Å². The third kappa shape index (κ3) is 3.22. The van der Waals surface area contributed by atoms with Crippen LogP contribution in [0, 0.1) is 29.6 Å². The van der Waals surface area contributed by atoms with Gasteiger partial charge in [-0.15, -0.1) is 0 Å². The predicted molar refractivity (Wildman–Crippen MR) is 99.1 cm³/mol. The number of fused-ring (bicyclic) bond motifs is 5. The molecule has 4 aliphatic rings. The van der Waals surface area contributed by atoms with Gasteiger partial charge in [0.25, 0.3) is 0 Å². The number of carbonyl (C=O) groups excluding carboxylic acids is 1. The standard InChI is InChI=1S/C21H29NO5/c1-12(23)21(26)9-8-18-17-4-2-13-10-14(22-27-11-20(24)25)3-5-15(13)16(17)6-7-19(18)21/h10,15-19,26H,2-9,11H2,1H3,(H,24,25)/b22-14-. The number of aliphatic carboxylic acids is 1. The van der Waals surface area contributed by atoms with Crippen molar-refractivity contribution in [2.24, 2.45) is 34.7 Å². The van der Waals surface area contributed by atoms with Gasteiger partial charge in [0.05, 0.1) is 5.71 Å². The Hall–Kier alpha value is -1.69. The Kier molecular flexibility index (Phi) is 4.87. The molecule has 0 heterocycles. The zero-order valence-corrected chi connectivity index (χ0v) is 15.9. The van der Waals surface area contributed by atoms with Gasteiger partial charge in [0, 0.05) is 0 Å². The van der Waals surface area contributed by atoms with Gasteiger partial charge in [0.15, 0.2) is 5.78 Å². The number of hydrogen-bond donors (Lipinski definition) is 2. The fraction of sp³-hybridized carbons (Fsp3) is 0.762. The molecular formula is C21H29NO5. The zero-order chi connectivity index (χ0) is 19.2. The van der Waals surface area contributed by atoms with E-state index >= 15 is 0 Å². The number of allylic oxidation sites excluding steroid dienone is 2. The summed E-state index contributed by atoms with van der Waals surface area (Å²) in [5.41, 5.74) is 1.19. The number of carboxylic acids is 1. The van der Waals surface area contributed by atoms with Crippen LogP contribution in [0.5, 0.6) is 0 Å². The average molecular weight is 375 g/mol. The maximum Gasteiger partial charge on any atom is 0.344 e. The van der Waals surface area contributed by atoms with E-state index in [-0.39, 0.29) is 11.7 Å². The lowest BCUT2D eigenvalue weighted by Crippen LogP contribution is -2.48. The zero-order valence-electron chi connectivity index (χ0n) is 15.9. The summed E-state index contributed by atoms with van der Waals surface area (Å²) in [6.07, 6.45) is 9.78. The van der Waals surface area contributed by atoms with E-state index in [0.29, 0.717) is 30.1 Å². The first kappa shape index (κ1) is 18.7. The molecular weight excluding hydrogens is 346 g/mol. The third-order valence-corrected chi connectivity index (χ3v) is 7.70. The number of Topliss-reactive ketones (excluding diaryl/α,β-unsaturated/α-hetero) is 1. The summed E-state index contributed by atoms with van der Waals surface area (Å²) < 4.78 is 0. The number of carbonyl (C=O) groups is 2. The molecule has 3 fully saturated rings. The van der Waals surface area contributed by atoms with Crippen molar-refractivity contribution in [3.63, 3.8) is 0 Å². The molecule has 6 atom stereocenters. The number of ketones is 1. The first-order valence-corrected chi connectivity index (χ1v) is 10.2. The van der Waals surface area contributed by atoms with Crippen LogP contribution in [-0.4, -0.2) is 39.9 Å². The van der Waals surface area contributed by atoms with E-state index in [2.05, 4.69) is 11.2 Å². The number of carboxylic acid groups (broad SMARTS) is 1. The van der Waals surface area contributed by atoms with E-state index in [1.54, 1.807) is 6.92 Å². The molecule has 0 amide bonds. The van der Waals surface area contributed by atoms with Gasteiger partial charge in [0.1, 0.15) is 5.60 Å². The molecule has 6 heteroatoms. The van der Waals surface area contributed by atoms with Crippen LogP contribution in [0.2, 0.25) is 0 Å². The van der Waals surface area contributed by atoms with Gasteiger partial charge in [-0.1, -0.05) is 10.7 Å². The van der Waals surface area contributed by atoms with Crippen LogP contribution in [0.25, 0.3) is 0 Å². The molecule has 2 N–H and O–H groups in total. The molecule has 4 rings (SSSR count). The second-order valence-corrected chi connectivity index (χ2v) is 8.85. The lowest BCUT2D eigenvalue weighted by atomic mass is 9.55. The quantitative estimate of drug-likeness (QED) is 0.737. The van der Waals surface area contributed by atoms with Gasteiger partial charge >= 0.3 is 5.97 Å². The Balaban J connectivity index is 1.48. The van der Waals surface area contributed by atoms with E-state index in [1.165, 1.54) is 5.57 Å². The van der Waals surface area contributed by atoms with Crippen molar-refractivity contribution in [1.82, 2.24) is 0 Å². The Labute approximate surface area is 159 Å². The molecule has 0 saturated heterocycles. The van der Waals surface area contributed by atoms with Gasteiger partial charge < -0.3 is 15.1 Å². The maximum atomic E-state index is 12.1. The third-order valence-electron chi connectivity index (χ3n) is 7.70. The first-order chi connectivity index (χ1) is 12.9. The van der Waals surface area contributed by atoms with Crippen LogP contribution < -0.4 is 0 Å². The van der Waals surface area contributed by atoms with Crippen LogP contribution in [-0.2, 0) is 14.4 Å². The molecule has 0 aliphatic heterocycles. The first-order valence-electron chi connectivity index (χ1n) is 10.2. The highest BCUT2D eigenvalue weighted by Gasteiger charge is 2.57. The molecule has 0 aromatic rings. The Morgan fingerprint density at radius 1 is 1.15 bits per heavy atom. The Morgan fingerprint density at radius 3 is 2.70 bits per heavy atom. The molecule has 148 valence electrons. The maximum absolute atomic E-state index is 12.1. The molecule has 0 aromatic heterocycles. The van der Waals surface area contributed by atoms with Gasteiger partial charge in [-0.25, -0.2) is 4.79 Å². The number of nitrogens with zero attached hydrogens (tertiary/aromatic N) is 1. The van der Waals surface area contributed by atoms with Crippen molar-refractivity contribution in [3.8, 4) is 0 Å². The van der Waals surface area contributed by atoms with Crippen LogP contribution >= 0.6 is 0 Å². The fourth-order valence-electron chi connectivity index (χ4n) is 6.57. The summed E-state index contributed by atoms with van der Waals surface area (Å²) in [6, 6.07) is 0. The highest BCUT2D eigenvalue weighted by molar-refractivity contribution is 5.96. The van der Waals surface area contributed by atoms with Crippen LogP contribution in [0.4, 0.5) is 0 Å². The molecule has 0 spiro atoms. The minimum atomic E-state index is -1.08. The van der Waals surface area contributed by atoms with Gasteiger partial charge in [0.2, 0.25) is 6.61 Å². The minimum absolute atomic E-state index is 0.0512. The van der Waals surface area contributed by atoms with Crippen molar-refractivity contribution < 1.29 is 24.6 Å². The largest absolute Gasteiger partial charge is 0.479 e. The van der Waals surface area contributed by atoms with E-state index in [1.807, 2.05) is 0 Å². The molecule has 0 bridgehead atoms. The van der Waals surface area contributed by atoms with Gasteiger partial charge in [-0.3, -0.25) is 4.79 Å². The summed E-state index contributed by atoms with van der Waals surface area (Å²) in [6.45, 7) is 1.15. The molecule has 6 nitrogen and oxygen atoms in total. The van der Waals surface area contributed by atoms with Crippen LogP contribution in [0.3, 0.4) is 0 Å². The number of hydrogen-bond acceptors (Lipinski definition) is 5. The number of oxime groups is 1. The summed E-state index contributed by atoms with van der Waals surface area (Å²) in [7, 11) is 0. The topological polar surface area (TPSA) is 96.2 Å². The number of rotatable bonds is 4. The second-order valence-electron chi connectivity index (χ2n) is 8.85. The second kappa shape index (κ2) is 7.04. The summed E-state index contributed by atoms with van der Waals surface area (Å²) in [4.78, 5) is 27.5. The summed E-state index contributed by atoms with van der Waals surface area (Å²) in [5, 5.41) is 23.6. The van der Waals surface area contributed by atoms with Gasteiger partial charge in [-0.2, -0.15) is 0 Å². The highest BCUT2D eigenvalue weighted by Crippen LogP contribution is 2.59. The molecule has 6 unspecified atom stereocenters. The van der Waals surface area contributed by atoms with E-state index < -0.39 is 18.2 Å². The summed E-state index contributed by atoms with van der Waals surface area (Å²) in [5.74, 6) is 1.38. The lowest BCUT2D eigenvalue weighted by molar-refractivity contribution is -0.143. The van der Waals surface area contributed by atoms with Crippen LogP contribution in [0.1, 0.15) is 58.3 Å². The monoisotopic (exact) mass is 375 g/mol. The van der Waals surface area contributed by atoms with E-state index in [0.717, 1.165) is 50.7 Å². The van der Waals surface area contributed by atoms with Crippen LogP contribution in [0.15, 0.2) is 16.8 Å². The summed E-state index contributed by atoms with van der Waals surface area (Å²) >= 11 is 0.